The Morgan fingerprint density at radius 3 is 1.29 bits per heavy atom. The maximum absolute atomic E-state index is 11.1. The van der Waals surface area contributed by atoms with Crippen LogP contribution in [0.25, 0.3) is 0 Å². The molecule has 0 saturated heterocycles. The van der Waals surface area contributed by atoms with Gasteiger partial charge in [-0.25, -0.2) is 0 Å². The fourth-order valence-corrected chi connectivity index (χ4v) is 2.41. The van der Waals surface area contributed by atoms with E-state index in [0.717, 1.165) is 13.0 Å². The third-order valence-electron chi connectivity index (χ3n) is 4.47. The number of rotatable bonds is 23. The van der Waals surface area contributed by atoms with Crippen LogP contribution >= 0.6 is 0 Å². The molecule has 0 rings (SSSR count). The highest BCUT2D eigenvalue weighted by Crippen LogP contribution is 2.09. The summed E-state index contributed by atoms with van der Waals surface area (Å²) in [5, 5.41) is 11.8. The zero-order valence-electron chi connectivity index (χ0n) is 23.1. The Labute approximate surface area is 228 Å². The van der Waals surface area contributed by atoms with Gasteiger partial charge in [0.25, 0.3) is 0 Å². The van der Waals surface area contributed by atoms with Crippen molar-refractivity contribution in [3.8, 4) is 0 Å². The minimum Gasteiger partial charge on any atom is -0.379 e. The number of hydrogen-bond donors (Lipinski definition) is 4. The van der Waals surface area contributed by atoms with Gasteiger partial charge in [0, 0.05) is 32.9 Å². The molecule has 0 unspecified atom stereocenters. The van der Waals surface area contributed by atoms with Crippen molar-refractivity contribution in [3.63, 3.8) is 0 Å². The lowest BCUT2D eigenvalue weighted by Gasteiger charge is -2.33. The van der Waals surface area contributed by atoms with Gasteiger partial charge in [0.05, 0.1) is 25.4 Å². The average Bonchev–Trinajstić information content (AvgIpc) is 2.95. The van der Waals surface area contributed by atoms with Gasteiger partial charge in [-0.1, -0.05) is 26.3 Å². The standard InChI is InChI=1S/C21H40N4O5.2C3H4O/c1-5-19(26)24-11-8-14-29-17-21(23-4,16-28-13-7-10-22-3)18-30-15-9-12-25-20(27)6-2;2*1-2-3-4/h5-6,22-23H,1-2,7-18H2,3-4H3,(H,24,26)(H,25,27);2*2-3H,1H2. The van der Waals surface area contributed by atoms with Crippen LogP contribution in [0.15, 0.2) is 50.6 Å². The fourth-order valence-electron chi connectivity index (χ4n) is 2.41. The third-order valence-corrected chi connectivity index (χ3v) is 4.47. The van der Waals surface area contributed by atoms with Crippen LogP contribution in [-0.4, -0.2) is 103 Å². The van der Waals surface area contributed by atoms with Gasteiger partial charge in [0.1, 0.15) is 12.6 Å². The second-order valence-electron chi connectivity index (χ2n) is 7.59. The fraction of sp³-hybridized carbons (Fsp3) is 0.556. The topological polar surface area (TPSA) is 144 Å². The SMILES string of the molecule is C=CC(=O)NCCCOCC(COCCCNC)(COCCCNC(=O)C=C)NC.C=CC=O.C=CC=O. The van der Waals surface area contributed by atoms with Crippen LogP contribution in [0.4, 0.5) is 0 Å². The van der Waals surface area contributed by atoms with Gasteiger partial charge in [0.2, 0.25) is 11.8 Å². The van der Waals surface area contributed by atoms with Crippen molar-refractivity contribution in [1.82, 2.24) is 21.3 Å². The van der Waals surface area contributed by atoms with E-state index in [-0.39, 0.29) is 11.8 Å². The maximum Gasteiger partial charge on any atom is 0.243 e. The second kappa shape index (κ2) is 32.1. The Balaban J connectivity index is -0.00000133. The van der Waals surface area contributed by atoms with E-state index in [2.05, 4.69) is 47.6 Å². The quantitative estimate of drug-likeness (QED) is 0.0837. The molecule has 0 aliphatic rings. The van der Waals surface area contributed by atoms with E-state index in [4.69, 9.17) is 23.8 Å². The normalized spacial score (nSPS) is 9.84. The van der Waals surface area contributed by atoms with Crippen molar-refractivity contribution in [2.45, 2.75) is 24.8 Å². The van der Waals surface area contributed by atoms with Gasteiger partial charge < -0.3 is 35.5 Å². The van der Waals surface area contributed by atoms with E-state index >= 15 is 0 Å². The molecule has 0 spiro atoms. The Bertz CT molecular complexity index is 601. The lowest BCUT2D eigenvalue weighted by Crippen LogP contribution is -2.55. The number of hydrogen-bond acceptors (Lipinski definition) is 9. The summed E-state index contributed by atoms with van der Waals surface area (Å²) in [4.78, 5) is 40.4. The third kappa shape index (κ3) is 29.3. The molecule has 11 nitrogen and oxygen atoms in total. The van der Waals surface area contributed by atoms with Gasteiger partial charge in [-0.3, -0.25) is 19.2 Å². The first-order valence-corrected chi connectivity index (χ1v) is 12.4. The highest BCUT2D eigenvalue weighted by atomic mass is 16.5. The molecule has 4 N–H and O–H groups in total. The molecular weight excluding hydrogens is 492 g/mol. The van der Waals surface area contributed by atoms with Crippen molar-refractivity contribution in [3.05, 3.63) is 50.6 Å². The van der Waals surface area contributed by atoms with Gasteiger partial charge in [-0.15, -0.1) is 0 Å². The zero-order valence-corrected chi connectivity index (χ0v) is 23.1. The first-order valence-electron chi connectivity index (χ1n) is 12.4. The molecule has 0 radical (unpaired) electrons. The summed E-state index contributed by atoms with van der Waals surface area (Å²) >= 11 is 0. The molecule has 0 aliphatic carbocycles. The Kier molecular flexibility index (Phi) is 33.4. The predicted molar refractivity (Wildman–Crippen MR) is 151 cm³/mol. The summed E-state index contributed by atoms with van der Waals surface area (Å²) in [6.45, 7) is 18.0. The minimum atomic E-state index is -0.478. The highest BCUT2D eigenvalue weighted by Gasteiger charge is 2.29. The molecule has 0 fully saturated rings. The molecule has 2 amide bonds. The van der Waals surface area contributed by atoms with Crippen molar-refractivity contribution < 1.29 is 33.4 Å². The van der Waals surface area contributed by atoms with E-state index in [1.807, 2.05) is 14.1 Å². The monoisotopic (exact) mass is 540 g/mol. The summed E-state index contributed by atoms with van der Waals surface area (Å²) in [6, 6.07) is 0. The van der Waals surface area contributed by atoms with Crippen LogP contribution in [0.2, 0.25) is 0 Å². The first kappa shape index (κ1) is 39.6. The number of aldehydes is 2. The van der Waals surface area contributed by atoms with Crippen LogP contribution in [0.1, 0.15) is 19.3 Å². The summed E-state index contributed by atoms with van der Waals surface area (Å²) in [7, 11) is 3.77. The Hall–Kier alpha value is -2.96. The van der Waals surface area contributed by atoms with Gasteiger partial charge >= 0.3 is 0 Å². The number of likely N-dealkylation sites (N-methyl/N-ethyl adjacent to an activating group) is 1. The summed E-state index contributed by atoms with van der Waals surface area (Å²) in [5.41, 5.74) is -0.478. The van der Waals surface area contributed by atoms with Crippen LogP contribution in [0.5, 0.6) is 0 Å². The summed E-state index contributed by atoms with van der Waals surface area (Å²) < 4.78 is 17.5. The number of carbonyl (C=O) groups is 4. The van der Waals surface area contributed by atoms with Crippen LogP contribution < -0.4 is 21.3 Å². The molecule has 0 aliphatic heterocycles. The number of ether oxygens (including phenoxy) is 3. The summed E-state index contributed by atoms with van der Waals surface area (Å²) in [5.74, 6) is -0.376. The van der Waals surface area contributed by atoms with E-state index in [1.165, 1.54) is 24.3 Å². The molecule has 0 saturated carbocycles. The van der Waals surface area contributed by atoms with Gasteiger partial charge in [0.15, 0.2) is 0 Å². The van der Waals surface area contributed by atoms with Gasteiger partial charge in [-0.05, 0) is 64.2 Å². The molecule has 11 heteroatoms. The van der Waals surface area contributed by atoms with Crippen LogP contribution in [-0.2, 0) is 33.4 Å². The zero-order chi connectivity index (χ0) is 29.3. The molecule has 0 bridgehead atoms. The van der Waals surface area contributed by atoms with Crippen molar-refractivity contribution in [1.29, 1.82) is 0 Å². The minimum absolute atomic E-state index is 0.188. The molecule has 0 heterocycles. The number of amides is 2. The molecule has 38 heavy (non-hydrogen) atoms. The van der Waals surface area contributed by atoms with Crippen molar-refractivity contribution in [2.75, 3.05) is 73.4 Å². The Morgan fingerprint density at radius 2 is 1.03 bits per heavy atom. The molecule has 0 atom stereocenters. The molecule has 0 aromatic heterocycles. The average molecular weight is 541 g/mol. The van der Waals surface area contributed by atoms with Crippen LogP contribution in [0, 0.1) is 0 Å². The molecule has 0 aromatic carbocycles. The number of nitrogens with one attached hydrogen (secondary N) is 4. The second-order valence-corrected chi connectivity index (χ2v) is 7.59. The summed E-state index contributed by atoms with van der Waals surface area (Å²) in [6.07, 6.45) is 8.49. The van der Waals surface area contributed by atoms with Gasteiger partial charge in [-0.2, -0.15) is 0 Å². The lowest BCUT2D eigenvalue weighted by molar-refractivity contribution is -0.117. The number of carbonyl (C=O) groups excluding carboxylic acids is 4. The highest BCUT2D eigenvalue weighted by molar-refractivity contribution is 5.87. The van der Waals surface area contributed by atoms with E-state index in [0.29, 0.717) is 78.1 Å². The molecule has 218 valence electrons. The maximum atomic E-state index is 11.1. The van der Waals surface area contributed by atoms with Crippen molar-refractivity contribution in [2.24, 2.45) is 0 Å². The lowest BCUT2D eigenvalue weighted by atomic mass is 10.0. The van der Waals surface area contributed by atoms with Crippen molar-refractivity contribution >= 4 is 24.4 Å². The predicted octanol–water partition coefficient (Wildman–Crippen LogP) is 0.731. The van der Waals surface area contributed by atoms with E-state index in [9.17, 15) is 9.59 Å². The smallest absolute Gasteiger partial charge is 0.243 e. The largest absolute Gasteiger partial charge is 0.379 e. The first-order chi connectivity index (χ1) is 18.4. The van der Waals surface area contributed by atoms with Crippen LogP contribution in [0.3, 0.4) is 0 Å². The number of allylic oxidation sites excluding steroid dienone is 2. The molecule has 0 aromatic rings. The Morgan fingerprint density at radius 1 is 0.684 bits per heavy atom. The van der Waals surface area contributed by atoms with E-state index in [1.54, 1.807) is 0 Å². The molecular formula is C27H48N4O7. The van der Waals surface area contributed by atoms with E-state index < -0.39 is 5.54 Å².